The average Bonchev–Trinajstić information content (AvgIpc) is 2.48. The zero-order valence-electron chi connectivity index (χ0n) is 12.9. The van der Waals surface area contributed by atoms with Crippen molar-refractivity contribution < 1.29 is 4.74 Å². The molecule has 2 rings (SSSR count). The average molecular weight is 301 g/mol. The number of benzene rings is 2. The highest BCUT2D eigenvalue weighted by atomic mass is 32.2. The second-order valence-electron chi connectivity index (χ2n) is 5.13. The van der Waals surface area contributed by atoms with Crippen LogP contribution in [0.25, 0.3) is 0 Å². The van der Waals surface area contributed by atoms with E-state index in [0.29, 0.717) is 0 Å². The zero-order valence-corrected chi connectivity index (χ0v) is 13.7. The third-order valence-corrected chi connectivity index (χ3v) is 4.39. The van der Waals surface area contributed by atoms with Gasteiger partial charge < -0.3 is 10.5 Å². The van der Waals surface area contributed by atoms with Crippen molar-refractivity contribution in [3.8, 4) is 5.75 Å². The third-order valence-electron chi connectivity index (χ3n) is 3.49. The molecule has 2 aromatic carbocycles. The van der Waals surface area contributed by atoms with Gasteiger partial charge >= 0.3 is 0 Å². The molecule has 2 N–H and O–H groups in total. The summed E-state index contributed by atoms with van der Waals surface area (Å²) < 4.78 is 5.43. The minimum atomic E-state index is -0.0126. The highest BCUT2D eigenvalue weighted by Gasteiger charge is 2.11. The Morgan fingerprint density at radius 3 is 2.48 bits per heavy atom. The predicted molar refractivity (Wildman–Crippen MR) is 91.2 cm³/mol. The molecular formula is C18H23NOS. The van der Waals surface area contributed by atoms with Gasteiger partial charge in [-0.1, -0.05) is 36.8 Å². The van der Waals surface area contributed by atoms with Crippen LogP contribution in [0.4, 0.5) is 0 Å². The van der Waals surface area contributed by atoms with Gasteiger partial charge in [-0.15, -0.1) is 11.8 Å². The van der Waals surface area contributed by atoms with Crippen molar-refractivity contribution in [2.24, 2.45) is 5.73 Å². The van der Waals surface area contributed by atoms with Crippen LogP contribution in [0.15, 0.2) is 47.4 Å². The lowest BCUT2D eigenvalue weighted by Gasteiger charge is -2.15. The molecule has 0 amide bonds. The van der Waals surface area contributed by atoms with Crippen LogP contribution in [-0.4, -0.2) is 12.9 Å². The lowest BCUT2D eigenvalue weighted by Crippen LogP contribution is -2.14. The summed E-state index contributed by atoms with van der Waals surface area (Å²) >= 11 is 1.85. The Morgan fingerprint density at radius 2 is 1.86 bits per heavy atom. The lowest BCUT2D eigenvalue weighted by molar-refractivity contribution is 0.408. The SMILES string of the molecule is CCSc1ccc(C(N)Cc2cc(C)ccc2OC)cc1. The van der Waals surface area contributed by atoms with E-state index in [0.717, 1.165) is 23.5 Å². The molecule has 0 bridgehead atoms. The molecule has 0 fully saturated rings. The molecule has 0 radical (unpaired) electrons. The topological polar surface area (TPSA) is 35.2 Å². The first-order valence-corrected chi connectivity index (χ1v) is 8.24. The van der Waals surface area contributed by atoms with E-state index in [1.165, 1.54) is 16.0 Å². The molecule has 3 heteroatoms. The van der Waals surface area contributed by atoms with Crippen molar-refractivity contribution in [1.82, 2.24) is 0 Å². The van der Waals surface area contributed by atoms with Crippen LogP contribution in [0.5, 0.6) is 5.75 Å². The number of hydrogen-bond acceptors (Lipinski definition) is 3. The fourth-order valence-electron chi connectivity index (χ4n) is 2.40. The number of thioether (sulfide) groups is 1. The first kappa shape index (κ1) is 15.9. The molecule has 112 valence electrons. The van der Waals surface area contributed by atoms with E-state index in [1.54, 1.807) is 7.11 Å². The zero-order chi connectivity index (χ0) is 15.2. The predicted octanol–water partition coefficient (Wildman–Crippen LogP) is 4.36. The van der Waals surface area contributed by atoms with Crippen molar-refractivity contribution in [3.63, 3.8) is 0 Å². The van der Waals surface area contributed by atoms with Gasteiger partial charge in [-0.25, -0.2) is 0 Å². The van der Waals surface area contributed by atoms with Crippen molar-refractivity contribution in [2.75, 3.05) is 12.9 Å². The quantitative estimate of drug-likeness (QED) is 0.805. The van der Waals surface area contributed by atoms with Crippen LogP contribution < -0.4 is 10.5 Å². The normalized spacial score (nSPS) is 12.2. The standard InChI is InChI=1S/C18H23NOS/c1-4-21-16-8-6-14(7-9-16)17(19)12-15-11-13(2)5-10-18(15)20-3/h5-11,17H,4,12,19H2,1-3H3. The summed E-state index contributed by atoms with van der Waals surface area (Å²) in [7, 11) is 1.70. The molecule has 0 aromatic heterocycles. The molecule has 0 saturated heterocycles. The minimum Gasteiger partial charge on any atom is -0.496 e. The highest BCUT2D eigenvalue weighted by molar-refractivity contribution is 7.99. The van der Waals surface area contributed by atoms with E-state index < -0.39 is 0 Å². The molecule has 0 saturated carbocycles. The summed E-state index contributed by atoms with van der Waals surface area (Å²) in [6.07, 6.45) is 0.783. The van der Waals surface area contributed by atoms with Gasteiger partial charge in [0.2, 0.25) is 0 Å². The van der Waals surface area contributed by atoms with Gasteiger partial charge in [-0.2, -0.15) is 0 Å². The molecule has 0 aliphatic rings. The van der Waals surface area contributed by atoms with Crippen LogP contribution in [0.3, 0.4) is 0 Å². The number of ether oxygens (including phenoxy) is 1. The maximum Gasteiger partial charge on any atom is 0.122 e. The van der Waals surface area contributed by atoms with Crippen LogP contribution in [0, 0.1) is 6.92 Å². The molecule has 21 heavy (non-hydrogen) atoms. The van der Waals surface area contributed by atoms with E-state index in [2.05, 4.69) is 50.2 Å². The molecule has 0 aliphatic heterocycles. The Balaban J connectivity index is 2.13. The van der Waals surface area contributed by atoms with Crippen LogP contribution >= 0.6 is 11.8 Å². The van der Waals surface area contributed by atoms with Crippen molar-refractivity contribution >= 4 is 11.8 Å². The molecule has 1 unspecified atom stereocenters. The second-order valence-corrected chi connectivity index (χ2v) is 6.47. The third kappa shape index (κ3) is 4.26. The fourth-order valence-corrected chi connectivity index (χ4v) is 3.06. The van der Waals surface area contributed by atoms with E-state index in [-0.39, 0.29) is 6.04 Å². The largest absolute Gasteiger partial charge is 0.496 e. The Bertz CT molecular complexity index is 580. The summed E-state index contributed by atoms with van der Waals surface area (Å²) in [6, 6.07) is 14.8. The van der Waals surface area contributed by atoms with E-state index in [1.807, 2.05) is 17.8 Å². The Labute approximate surface area is 131 Å². The van der Waals surface area contributed by atoms with Gasteiger partial charge in [0, 0.05) is 10.9 Å². The lowest BCUT2D eigenvalue weighted by atomic mass is 9.98. The smallest absolute Gasteiger partial charge is 0.122 e. The molecule has 1 atom stereocenters. The van der Waals surface area contributed by atoms with Gasteiger partial charge in [-0.05, 0) is 48.4 Å². The molecule has 2 nitrogen and oxygen atoms in total. The van der Waals surface area contributed by atoms with Crippen molar-refractivity contribution in [3.05, 3.63) is 59.2 Å². The number of aryl methyl sites for hydroxylation is 1. The van der Waals surface area contributed by atoms with Crippen LogP contribution in [0.2, 0.25) is 0 Å². The first-order chi connectivity index (χ1) is 10.1. The van der Waals surface area contributed by atoms with E-state index in [4.69, 9.17) is 10.5 Å². The Hall–Kier alpha value is -1.45. The van der Waals surface area contributed by atoms with E-state index in [9.17, 15) is 0 Å². The van der Waals surface area contributed by atoms with Crippen LogP contribution in [-0.2, 0) is 6.42 Å². The number of nitrogens with two attached hydrogens (primary N) is 1. The van der Waals surface area contributed by atoms with Gasteiger partial charge in [0.25, 0.3) is 0 Å². The van der Waals surface area contributed by atoms with Crippen LogP contribution in [0.1, 0.15) is 29.7 Å². The molecule has 0 spiro atoms. The molecule has 2 aromatic rings. The maximum atomic E-state index is 6.36. The highest BCUT2D eigenvalue weighted by Crippen LogP contribution is 2.26. The van der Waals surface area contributed by atoms with Crippen molar-refractivity contribution in [1.29, 1.82) is 0 Å². The monoisotopic (exact) mass is 301 g/mol. The minimum absolute atomic E-state index is 0.0126. The Kier molecular flexibility index (Phi) is 5.71. The molecule has 0 aliphatic carbocycles. The van der Waals surface area contributed by atoms with Gasteiger partial charge in [0.1, 0.15) is 5.75 Å². The van der Waals surface area contributed by atoms with E-state index >= 15 is 0 Å². The van der Waals surface area contributed by atoms with Gasteiger partial charge in [0.15, 0.2) is 0 Å². The van der Waals surface area contributed by atoms with Crippen molar-refractivity contribution in [2.45, 2.75) is 31.2 Å². The summed E-state index contributed by atoms with van der Waals surface area (Å²) in [5, 5.41) is 0. The van der Waals surface area contributed by atoms with Gasteiger partial charge in [0.05, 0.1) is 7.11 Å². The fraction of sp³-hybridized carbons (Fsp3) is 0.333. The van der Waals surface area contributed by atoms with Gasteiger partial charge in [-0.3, -0.25) is 0 Å². The summed E-state index contributed by atoms with van der Waals surface area (Å²) in [6.45, 7) is 4.25. The molecule has 0 heterocycles. The summed E-state index contributed by atoms with van der Waals surface area (Å²) in [5.41, 5.74) is 9.92. The molecular weight excluding hydrogens is 278 g/mol. The summed E-state index contributed by atoms with van der Waals surface area (Å²) in [5.74, 6) is 2.00. The number of hydrogen-bond donors (Lipinski definition) is 1. The Morgan fingerprint density at radius 1 is 1.14 bits per heavy atom. The summed E-state index contributed by atoms with van der Waals surface area (Å²) in [4.78, 5) is 1.29. The second kappa shape index (κ2) is 7.53. The number of methoxy groups -OCH3 is 1. The number of rotatable bonds is 6. The first-order valence-electron chi connectivity index (χ1n) is 7.26. The maximum absolute atomic E-state index is 6.36.